The van der Waals surface area contributed by atoms with Gasteiger partial charge in [-0.3, -0.25) is 0 Å². The van der Waals surface area contributed by atoms with E-state index in [1.165, 1.54) is 35.2 Å². The third-order valence-electron chi connectivity index (χ3n) is 6.13. The first kappa shape index (κ1) is 20.0. The highest BCUT2D eigenvalue weighted by Gasteiger charge is 2.21. The molecule has 0 spiro atoms. The van der Waals surface area contributed by atoms with E-state index in [9.17, 15) is 0 Å². The number of fused-ring (bicyclic) bond motifs is 1. The van der Waals surface area contributed by atoms with Crippen molar-refractivity contribution in [2.45, 2.75) is 26.3 Å². The topological polar surface area (TPSA) is 30.3 Å². The zero-order valence-corrected chi connectivity index (χ0v) is 18.7. The van der Waals surface area contributed by atoms with Crippen molar-refractivity contribution >= 4 is 28.3 Å². The number of anilines is 1. The van der Waals surface area contributed by atoms with Crippen LogP contribution in [0.3, 0.4) is 0 Å². The lowest BCUT2D eigenvalue weighted by molar-refractivity contribution is 0.415. The fourth-order valence-electron chi connectivity index (χ4n) is 4.52. The first-order chi connectivity index (χ1) is 15.2. The molecule has 0 N–H and O–H groups in total. The van der Waals surface area contributed by atoms with E-state index < -0.39 is 0 Å². The van der Waals surface area contributed by atoms with Crippen molar-refractivity contribution in [2.75, 3.05) is 25.1 Å². The predicted octanol–water partition coefficient (Wildman–Crippen LogP) is 6.65. The van der Waals surface area contributed by atoms with Crippen LogP contribution in [0, 0.1) is 0 Å². The van der Waals surface area contributed by atoms with Gasteiger partial charge in [-0.25, -0.2) is 4.98 Å². The number of halogens is 1. The smallest absolute Gasteiger partial charge is 0.141 e. The minimum atomic E-state index is 0.737. The standard InChI is InChI=1S/C26H26ClN3O/c1-3-30-25-17-24(29-14-4-5-15-29)22(18-8-12-21(31-2)13-9-18)16-23(25)28-26(30)19-6-10-20(27)11-7-19/h6-13,16-17H,3-5,14-15H2,1-2H3. The molecule has 4 aromatic rings. The second-order valence-electron chi connectivity index (χ2n) is 7.97. The van der Waals surface area contributed by atoms with E-state index in [0.29, 0.717) is 0 Å². The summed E-state index contributed by atoms with van der Waals surface area (Å²) in [6, 6.07) is 20.8. The van der Waals surface area contributed by atoms with Gasteiger partial charge in [0.15, 0.2) is 0 Å². The molecule has 0 amide bonds. The maximum Gasteiger partial charge on any atom is 0.141 e. The molecule has 2 heterocycles. The number of hydrogen-bond donors (Lipinski definition) is 0. The van der Waals surface area contributed by atoms with Crippen LogP contribution in [0.1, 0.15) is 19.8 Å². The average Bonchev–Trinajstić information content (AvgIpc) is 3.46. The Morgan fingerprint density at radius 2 is 1.61 bits per heavy atom. The van der Waals surface area contributed by atoms with Crippen LogP contribution in [0.2, 0.25) is 5.02 Å². The largest absolute Gasteiger partial charge is 0.497 e. The summed E-state index contributed by atoms with van der Waals surface area (Å²) in [6.45, 7) is 5.22. The normalized spacial score (nSPS) is 13.8. The van der Waals surface area contributed by atoms with E-state index in [-0.39, 0.29) is 0 Å². The minimum absolute atomic E-state index is 0.737. The van der Waals surface area contributed by atoms with Gasteiger partial charge in [0.1, 0.15) is 11.6 Å². The zero-order valence-electron chi connectivity index (χ0n) is 17.9. The van der Waals surface area contributed by atoms with Gasteiger partial charge < -0.3 is 14.2 Å². The van der Waals surface area contributed by atoms with Gasteiger partial charge in [0.2, 0.25) is 0 Å². The number of methoxy groups -OCH3 is 1. The predicted molar refractivity (Wildman–Crippen MR) is 129 cm³/mol. The quantitative estimate of drug-likeness (QED) is 0.354. The number of rotatable bonds is 5. The molecule has 0 atom stereocenters. The van der Waals surface area contributed by atoms with Crippen molar-refractivity contribution < 1.29 is 4.74 Å². The first-order valence-electron chi connectivity index (χ1n) is 10.9. The maximum atomic E-state index is 6.11. The van der Waals surface area contributed by atoms with Gasteiger partial charge >= 0.3 is 0 Å². The highest BCUT2D eigenvalue weighted by atomic mass is 35.5. The van der Waals surface area contributed by atoms with Crippen LogP contribution >= 0.6 is 11.6 Å². The Bertz CT molecular complexity index is 1210. The second-order valence-corrected chi connectivity index (χ2v) is 8.40. The summed E-state index contributed by atoms with van der Waals surface area (Å²) in [4.78, 5) is 7.56. The number of aryl methyl sites for hydroxylation is 1. The molecule has 1 saturated heterocycles. The Labute approximate surface area is 188 Å². The van der Waals surface area contributed by atoms with Gasteiger partial charge in [0, 0.05) is 41.5 Å². The van der Waals surface area contributed by atoms with Crippen LogP contribution in [0.5, 0.6) is 5.75 Å². The van der Waals surface area contributed by atoms with Crippen LogP contribution in [-0.2, 0) is 6.54 Å². The molecule has 1 aliphatic heterocycles. The van der Waals surface area contributed by atoms with Crippen molar-refractivity contribution in [3.8, 4) is 28.3 Å². The van der Waals surface area contributed by atoms with Gasteiger partial charge in [-0.15, -0.1) is 0 Å². The molecule has 5 heteroatoms. The van der Waals surface area contributed by atoms with Gasteiger partial charge in [0.25, 0.3) is 0 Å². The monoisotopic (exact) mass is 431 g/mol. The number of imidazole rings is 1. The Morgan fingerprint density at radius 3 is 2.26 bits per heavy atom. The molecule has 158 valence electrons. The number of hydrogen-bond acceptors (Lipinski definition) is 3. The van der Waals surface area contributed by atoms with E-state index in [2.05, 4.69) is 40.7 Å². The molecule has 3 aromatic carbocycles. The van der Waals surface area contributed by atoms with Crippen molar-refractivity contribution in [1.29, 1.82) is 0 Å². The van der Waals surface area contributed by atoms with Crippen molar-refractivity contribution in [2.24, 2.45) is 0 Å². The Hall–Kier alpha value is -2.98. The Kier molecular flexibility index (Phi) is 5.33. The molecule has 0 bridgehead atoms. The molecular formula is C26H26ClN3O. The Morgan fingerprint density at radius 1 is 0.935 bits per heavy atom. The summed E-state index contributed by atoms with van der Waals surface area (Å²) >= 11 is 6.11. The maximum absolute atomic E-state index is 6.11. The summed E-state index contributed by atoms with van der Waals surface area (Å²) in [5, 5.41) is 0.737. The van der Waals surface area contributed by atoms with Crippen LogP contribution in [0.25, 0.3) is 33.5 Å². The lowest BCUT2D eigenvalue weighted by atomic mass is 10.0. The summed E-state index contributed by atoms with van der Waals surface area (Å²) in [7, 11) is 1.70. The fraction of sp³-hybridized carbons (Fsp3) is 0.269. The van der Waals surface area contributed by atoms with Gasteiger partial charge in [-0.1, -0.05) is 23.7 Å². The summed E-state index contributed by atoms with van der Waals surface area (Å²) < 4.78 is 7.66. The molecule has 5 rings (SSSR count). The van der Waals surface area contributed by atoms with Crippen molar-refractivity contribution in [1.82, 2.24) is 9.55 Å². The van der Waals surface area contributed by atoms with Gasteiger partial charge in [0.05, 0.1) is 18.1 Å². The SMILES string of the molecule is CCn1c(-c2ccc(Cl)cc2)nc2cc(-c3ccc(OC)cc3)c(N3CCCC3)cc21. The third kappa shape index (κ3) is 3.66. The molecule has 1 aliphatic rings. The van der Waals surface area contributed by atoms with Gasteiger partial charge in [-0.2, -0.15) is 0 Å². The van der Waals surface area contributed by atoms with E-state index in [0.717, 1.165) is 47.3 Å². The van der Waals surface area contributed by atoms with E-state index in [4.69, 9.17) is 21.3 Å². The molecule has 0 radical (unpaired) electrons. The molecule has 0 saturated carbocycles. The van der Waals surface area contributed by atoms with Crippen molar-refractivity contribution in [3.05, 3.63) is 65.7 Å². The summed E-state index contributed by atoms with van der Waals surface area (Å²) in [5.74, 6) is 1.85. The minimum Gasteiger partial charge on any atom is -0.497 e. The molecule has 1 fully saturated rings. The van der Waals surface area contributed by atoms with Crippen LogP contribution in [-0.4, -0.2) is 29.8 Å². The summed E-state index contributed by atoms with van der Waals surface area (Å²) in [6.07, 6.45) is 2.48. The number of benzene rings is 3. The van der Waals surface area contributed by atoms with Crippen LogP contribution < -0.4 is 9.64 Å². The van der Waals surface area contributed by atoms with Crippen molar-refractivity contribution in [3.63, 3.8) is 0 Å². The lowest BCUT2D eigenvalue weighted by Gasteiger charge is -2.22. The van der Waals surface area contributed by atoms with E-state index in [1.54, 1.807) is 7.11 Å². The molecule has 1 aromatic heterocycles. The Balaban J connectivity index is 1.71. The average molecular weight is 432 g/mol. The number of nitrogens with zero attached hydrogens (tertiary/aromatic N) is 3. The highest BCUT2D eigenvalue weighted by molar-refractivity contribution is 6.30. The third-order valence-corrected chi connectivity index (χ3v) is 6.38. The number of aromatic nitrogens is 2. The molecule has 31 heavy (non-hydrogen) atoms. The van der Waals surface area contributed by atoms with E-state index in [1.807, 2.05) is 36.4 Å². The second kappa shape index (κ2) is 8.27. The fourth-order valence-corrected chi connectivity index (χ4v) is 4.65. The highest BCUT2D eigenvalue weighted by Crippen LogP contribution is 2.38. The first-order valence-corrected chi connectivity index (χ1v) is 11.3. The molecule has 0 unspecified atom stereocenters. The molecular weight excluding hydrogens is 406 g/mol. The lowest BCUT2D eigenvalue weighted by Crippen LogP contribution is -2.18. The van der Waals surface area contributed by atoms with Crippen LogP contribution in [0.15, 0.2) is 60.7 Å². The zero-order chi connectivity index (χ0) is 21.4. The van der Waals surface area contributed by atoms with Crippen LogP contribution in [0.4, 0.5) is 5.69 Å². The van der Waals surface area contributed by atoms with E-state index >= 15 is 0 Å². The summed E-state index contributed by atoms with van der Waals surface area (Å²) in [5.41, 5.74) is 6.96. The van der Waals surface area contributed by atoms with Gasteiger partial charge in [-0.05, 0) is 73.9 Å². The molecule has 4 nitrogen and oxygen atoms in total. The number of ether oxygens (including phenoxy) is 1. The molecule has 0 aliphatic carbocycles.